The van der Waals surface area contributed by atoms with Gasteiger partial charge in [0.05, 0.1) is 43.2 Å². The molecule has 43 heavy (non-hydrogen) atoms. The molecule has 2 N–H and O–H groups in total. The fraction of sp³-hybridized carbons (Fsp3) is 0.300. The van der Waals surface area contributed by atoms with E-state index in [0.29, 0.717) is 33.7 Å². The van der Waals surface area contributed by atoms with Crippen LogP contribution < -0.4 is 14.8 Å². The molecule has 0 unspecified atom stereocenters. The summed E-state index contributed by atoms with van der Waals surface area (Å²) in [6, 6.07) is 11.3. The van der Waals surface area contributed by atoms with Gasteiger partial charge in [0.1, 0.15) is 17.7 Å². The van der Waals surface area contributed by atoms with Crippen molar-refractivity contribution in [2.45, 2.75) is 37.9 Å². The zero-order valence-corrected chi connectivity index (χ0v) is 25.5. The summed E-state index contributed by atoms with van der Waals surface area (Å²) >= 11 is 0. The van der Waals surface area contributed by atoms with Crippen LogP contribution in [0.4, 0.5) is 16.3 Å². The molecule has 0 fully saturated rings. The Bertz CT molecular complexity index is 1780. The minimum atomic E-state index is -4.06. The van der Waals surface area contributed by atoms with E-state index >= 15 is 0 Å². The minimum Gasteiger partial charge on any atom is -0.493 e. The van der Waals surface area contributed by atoms with E-state index in [1.165, 1.54) is 43.8 Å². The molecular formula is C30H33N5O7S. The van der Waals surface area contributed by atoms with Crippen molar-refractivity contribution in [1.29, 1.82) is 0 Å². The number of fused-ring (bicyclic) bond motifs is 1. The van der Waals surface area contributed by atoms with E-state index in [9.17, 15) is 18.3 Å². The number of aliphatic hydroxyl groups is 1. The number of amides is 1. The lowest BCUT2D eigenvalue weighted by Gasteiger charge is -2.23. The minimum absolute atomic E-state index is 0.0129. The molecule has 2 heterocycles. The second kappa shape index (κ2) is 12.6. The van der Waals surface area contributed by atoms with E-state index in [0.717, 1.165) is 3.97 Å². The monoisotopic (exact) mass is 607 g/mol. The van der Waals surface area contributed by atoms with Gasteiger partial charge in [-0.2, -0.15) is 0 Å². The molecular weight excluding hydrogens is 574 g/mol. The highest BCUT2D eigenvalue weighted by molar-refractivity contribution is 7.90. The summed E-state index contributed by atoms with van der Waals surface area (Å²) in [5.74, 6) is 6.91. The average molecular weight is 608 g/mol. The van der Waals surface area contributed by atoms with Crippen molar-refractivity contribution in [2.24, 2.45) is 0 Å². The Labute approximate surface area is 250 Å². The van der Waals surface area contributed by atoms with Crippen LogP contribution >= 0.6 is 0 Å². The molecule has 2 aromatic carbocycles. The Balaban J connectivity index is 1.84. The van der Waals surface area contributed by atoms with Crippen LogP contribution in [0.25, 0.3) is 11.0 Å². The molecule has 12 nitrogen and oxygen atoms in total. The molecule has 0 aliphatic rings. The van der Waals surface area contributed by atoms with E-state index in [1.54, 1.807) is 58.2 Å². The van der Waals surface area contributed by atoms with Gasteiger partial charge in [0.2, 0.25) is 0 Å². The summed E-state index contributed by atoms with van der Waals surface area (Å²) in [7, 11) is 0.436. The SMILES string of the molecule is COc1cc(Nc2ncnc3c2c(C#CCN(C)C(=O)OC(C)(C)C)cn3S(=O)(=O)c2ccccc2)cc(CO)c1OC. The number of hydrogen-bond donors (Lipinski definition) is 2. The summed E-state index contributed by atoms with van der Waals surface area (Å²) in [6.45, 7) is 5.00. The lowest BCUT2D eigenvalue weighted by Crippen LogP contribution is -2.34. The standard InChI is InChI=1S/C30H33N5O7S/c1-30(2,3)42-29(37)34(4)14-10-11-20-17-35(43(38,39)23-12-8-7-9-13-23)28-25(20)27(31-19-32-28)33-22-15-21(18-36)26(41-6)24(16-22)40-5/h7-9,12-13,15-17,19,36H,14,18H2,1-6H3,(H,31,32,33). The highest BCUT2D eigenvalue weighted by Gasteiger charge is 2.25. The normalized spacial score (nSPS) is 11.4. The molecule has 2 aromatic heterocycles. The lowest BCUT2D eigenvalue weighted by molar-refractivity contribution is 0.0321. The average Bonchev–Trinajstić information content (AvgIpc) is 3.36. The predicted molar refractivity (Wildman–Crippen MR) is 161 cm³/mol. The quantitative estimate of drug-likeness (QED) is 0.280. The fourth-order valence-corrected chi connectivity index (χ4v) is 5.48. The molecule has 0 bridgehead atoms. The number of carbonyl (C=O) groups excluding carboxylic acids is 1. The highest BCUT2D eigenvalue weighted by atomic mass is 32.2. The Kier molecular flexibility index (Phi) is 9.13. The topological polar surface area (TPSA) is 145 Å². The van der Waals surface area contributed by atoms with Crippen LogP contribution in [0.2, 0.25) is 0 Å². The second-order valence-electron chi connectivity index (χ2n) is 10.4. The van der Waals surface area contributed by atoms with Crippen molar-refractivity contribution >= 4 is 38.7 Å². The highest BCUT2D eigenvalue weighted by Crippen LogP contribution is 2.37. The second-order valence-corrected chi connectivity index (χ2v) is 12.2. The molecule has 0 saturated heterocycles. The van der Waals surface area contributed by atoms with Gasteiger partial charge in [0.25, 0.3) is 10.0 Å². The Hall–Kier alpha value is -4.80. The smallest absolute Gasteiger partial charge is 0.410 e. The van der Waals surface area contributed by atoms with Crippen molar-refractivity contribution in [2.75, 3.05) is 33.1 Å². The maximum Gasteiger partial charge on any atom is 0.410 e. The van der Waals surface area contributed by atoms with Crippen LogP contribution in [0, 0.1) is 11.8 Å². The molecule has 4 aromatic rings. The number of carbonyl (C=O) groups is 1. The van der Waals surface area contributed by atoms with Crippen molar-refractivity contribution in [1.82, 2.24) is 18.8 Å². The zero-order chi connectivity index (χ0) is 31.4. The van der Waals surface area contributed by atoms with E-state index in [2.05, 4.69) is 27.1 Å². The number of hydrogen-bond acceptors (Lipinski definition) is 10. The first kappa shape index (κ1) is 31.1. The van der Waals surface area contributed by atoms with E-state index in [1.807, 2.05) is 0 Å². The number of benzene rings is 2. The molecule has 0 atom stereocenters. The van der Waals surface area contributed by atoms with E-state index < -0.39 is 21.7 Å². The summed E-state index contributed by atoms with van der Waals surface area (Å²) in [6.07, 6.45) is 2.07. The number of methoxy groups -OCH3 is 2. The van der Waals surface area contributed by atoms with Crippen molar-refractivity contribution in [3.63, 3.8) is 0 Å². The third-order valence-corrected chi connectivity index (χ3v) is 7.75. The van der Waals surface area contributed by atoms with Gasteiger partial charge in [-0.05, 0) is 39.0 Å². The Morgan fingerprint density at radius 3 is 2.47 bits per heavy atom. The first-order valence-corrected chi connectivity index (χ1v) is 14.6. The zero-order valence-electron chi connectivity index (χ0n) is 24.7. The number of nitrogens with zero attached hydrogens (tertiary/aromatic N) is 4. The Morgan fingerprint density at radius 2 is 1.84 bits per heavy atom. The first-order valence-electron chi connectivity index (χ1n) is 13.1. The van der Waals surface area contributed by atoms with E-state index in [4.69, 9.17) is 14.2 Å². The van der Waals surface area contributed by atoms with Gasteiger partial charge in [-0.3, -0.25) is 0 Å². The van der Waals surface area contributed by atoms with E-state index in [-0.39, 0.29) is 29.5 Å². The number of ether oxygens (including phenoxy) is 3. The van der Waals surface area contributed by atoms with Crippen LogP contribution in [0.5, 0.6) is 11.5 Å². The molecule has 0 spiro atoms. The van der Waals surface area contributed by atoms with Crippen LogP contribution in [0.3, 0.4) is 0 Å². The molecule has 0 aliphatic heterocycles. The molecule has 13 heteroatoms. The van der Waals surface area contributed by atoms with Crippen LogP contribution in [0.1, 0.15) is 31.9 Å². The molecule has 0 aliphatic carbocycles. The van der Waals surface area contributed by atoms with Crippen molar-refractivity contribution < 1.29 is 32.5 Å². The molecule has 4 rings (SSSR count). The number of aliphatic hydroxyl groups excluding tert-OH is 1. The number of aromatic nitrogens is 3. The predicted octanol–water partition coefficient (Wildman–Crippen LogP) is 4.14. The maximum atomic E-state index is 13.7. The first-order chi connectivity index (χ1) is 20.4. The van der Waals surface area contributed by atoms with Gasteiger partial charge in [0, 0.05) is 30.6 Å². The molecule has 226 valence electrons. The van der Waals surface area contributed by atoms with Crippen LogP contribution in [-0.4, -0.2) is 71.9 Å². The fourth-order valence-electron chi connectivity index (χ4n) is 4.14. The van der Waals surface area contributed by atoms with Crippen LogP contribution in [0.15, 0.2) is 59.9 Å². The van der Waals surface area contributed by atoms with Gasteiger partial charge in [-0.1, -0.05) is 30.0 Å². The molecule has 0 radical (unpaired) electrons. The molecule has 0 saturated carbocycles. The van der Waals surface area contributed by atoms with Gasteiger partial charge in [0.15, 0.2) is 17.1 Å². The van der Waals surface area contributed by atoms with Crippen molar-refractivity contribution in [3.05, 3.63) is 66.1 Å². The maximum absolute atomic E-state index is 13.7. The van der Waals surface area contributed by atoms with Gasteiger partial charge in [-0.15, -0.1) is 0 Å². The van der Waals surface area contributed by atoms with Gasteiger partial charge < -0.3 is 29.5 Å². The van der Waals surface area contributed by atoms with Crippen molar-refractivity contribution in [3.8, 4) is 23.3 Å². The molecule has 1 amide bonds. The largest absolute Gasteiger partial charge is 0.493 e. The summed E-state index contributed by atoms with van der Waals surface area (Å²) in [5, 5.41) is 13.4. The number of anilines is 2. The number of rotatable bonds is 8. The Morgan fingerprint density at radius 1 is 1.12 bits per heavy atom. The third kappa shape index (κ3) is 6.82. The summed E-state index contributed by atoms with van der Waals surface area (Å²) in [5.41, 5.74) is 0.677. The third-order valence-electron chi connectivity index (χ3n) is 6.09. The summed E-state index contributed by atoms with van der Waals surface area (Å²) < 4.78 is 44.6. The van der Waals surface area contributed by atoms with Gasteiger partial charge in [-0.25, -0.2) is 27.2 Å². The van der Waals surface area contributed by atoms with Gasteiger partial charge >= 0.3 is 6.09 Å². The summed E-state index contributed by atoms with van der Waals surface area (Å²) in [4.78, 5) is 22.5. The number of nitrogens with one attached hydrogen (secondary N) is 1. The van der Waals surface area contributed by atoms with Crippen LogP contribution in [-0.2, 0) is 21.4 Å². The lowest BCUT2D eigenvalue weighted by atomic mass is 10.1.